The lowest BCUT2D eigenvalue weighted by atomic mass is 10.0. The molecule has 0 aromatic carbocycles. The zero-order valence-electron chi connectivity index (χ0n) is 13.2. The fourth-order valence-corrected chi connectivity index (χ4v) is 4.09. The van der Waals surface area contributed by atoms with E-state index in [1.807, 2.05) is 15.6 Å². The van der Waals surface area contributed by atoms with Gasteiger partial charge in [0.05, 0.1) is 14.7 Å². The SMILES string of the molecule is CC(NC(=O)c1ccc(Br)s1)C(=O)N1CCC(n2cncn2)CC1. The van der Waals surface area contributed by atoms with Crippen LogP contribution in [0.5, 0.6) is 0 Å². The van der Waals surface area contributed by atoms with Crippen molar-refractivity contribution in [1.29, 1.82) is 0 Å². The molecule has 24 heavy (non-hydrogen) atoms. The number of halogens is 1. The normalized spacial score (nSPS) is 16.8. The Morgan fingerprint density at radius 3 is 2.71 bits per heavy atom. The Labute approximate surface area is 152 Å². The van der Waals surface area contributed by atoms with Crippen molar-refractivity contribution in [3.05, 3.63) is 33.5 Å². The molecule has 0 spiro atoms. The van der Waals surface area contributed by atoms with E-state index < -0.39 is 6.04 Å². The molecule has 1 aliphatic heterocycles. The van der Waals surface area contributed by atoms with Crippen LogP contribution < -0.4 is 5.32 Å². The quantitative estimate of drug-likeness (QED) is 0.834. The van der Waals surface area contributed by atoms with Crippen LogP contribution in [0.25, 0.3) is 0 Å². The molecule has 9 heteroatoms. The molecular formula is C15H18BrN5O2S. The Balaban J connectivity index is 1.52. The van der Waals surface area contributed by atoms with Crippen molar-refractivity contribution >= 4 is 39.1 Å². The minimum atomic E-state index is -0.540. The van der Waals surface area contributed by atoms with E-state index in [2.05, 4.69) is 31.3 Å². The number of thiophene rings is 1. The van der Waals surface area contributed by atoms with Gasteiger partial charge in [0.1, 0.15) is 18.7 Å². The molecule has 0 radical (unpaired) electrons. The molecule has 1 N–H and O–H groups in total. The van der Waals surface area contributed by atoms with Gasteiger partial charge in [-0.25, -0.2) is 9.67 Å². The second-order valence-electron chi connectivity index (χ2n) is 5.73. The van der Waals surface area contributed by atoms with E-state index >= 15 is 0 Å². The number of aromatic nitrogens is 3. The number of carbonyl (C=O) groups is 2. The maximum atomic E-state index is 12.5. The maximum Gasteiger partial charge on any atom is 0.262 e. The second-order valence-corrected chi connectivity index (χ2v) is 8.19. The summed E-state index contributed by atoms with van der Waals surface area (Å²) in [6.45, 7) is 3.05. The Kier molecular flexibility index (Phi) is 5.30. The minimum Gasteiger partial charge on any atom is -0.341 e. The summed E-state index contributed by atoms with van der Waals surface area (Å²) in [6.07, 6.45) is 4.92. The van der Waals surface area contributed by atoms with E-state index in [1.54, 1.807) is 19.3 Å². The van der Waals surface area contributed by atoms with Gasteiger partial charge in [0.15, 0.2) is 0 Å². The van der Waals surface area contributed by atoms with Gasteiger partial charge in [-0.1, -0.05) is 0 Å². The molecule has 0 bridgehead atoms. The highest BCUT2D eigenvalue weighted by Crippen LogP contribution is 2.23. The van der Waals surface area contributed by atoms with E-state index in [0.29, 0.717) is 18.0 Å². The number of piperidine rings is 1. The van der Waals surface area contributed by atoms with E-state index in [-0.39, 0.29) is 17.9 Å². The van der Waals surface area contributed by atoms with Crippen molar-refractivity contribution in [3.63, 3.8) is 0 Å². The van der Waals surface area contributed by atoms with Crippen LogP contribution in [-0.2, 0) is 4.79 Å². The summed E-state index contributed by atoms with van der Waals surface area (Å²) in [5.41, 5.74) is 0. The molecule has 3 heterocycles. The summed E-state index contributed by atoms with van der Waals surface area (Å²) in [5, 5.41) is 6.94. The maximum absolute atomic E-state index is 12.5. The molecule has 1 fully saturated rings. The molecule has 1 saturated heterocycles. The van der Waals surface area contributed by atoms with Gasteiger partial charge in [0.25, 0.3) is 5.91 Å². The molecule has 3 rings (SSSR count). The molecule has 2 aromatic rings. The van der Waals surface area contributed by atoms with Crippen molar-refractivity contribution in [2.75, 3.05) is 13.1 Å². The highest BCUT2D eigenvalue weighted by atomic mass is 79.9. The molecule has 128 valence electrons. The van der Waals surface area contributed by atoms with Crippen molar-refractivity contribution in [2.45, 2.75) is 31.8 Å². The van der Waals surface area contributed by atoms with Crippen molar-refractivity contribution in [2.24, 2.45) is 0 Å². The third-order valence-electron chi connectivity index (χ3n) is 4.10. The Bertz CT molecular complexity index is 709. The molecule has 2 amide bonds. The Hall–Kier alpha value is -1.74. The first-order chi connectivity index (χ1) is 11.5. The monoisotopic (exact) mass is 411 g/mol. The predicted molar refractivity (Wildman–Crippen MR) is 93.8 cm³/mol. The van der Waals surface area contributed by atoms with E-state index in [0.717, 1.165) is 16.6 Å². The highest BCUT2D eigenvalue weighted by Gasteiger charge is 2.28. The molecule has 1 aliphatic rings. The summed E-state index contributed by atoms with van der Waals surface area (Å²) in [4.78, 5) is 31.0. The molecule has 1 atom stereocenters. The second kappa shape index (κ2) is 7.43. The molecule has 0 aliphatic carbocycles. The Morgan fingerprint density at radius 1 is 1.38 bits per heavy atom. The van der Waals surface area contributed by atoms with Gasteiger partial charge >= 0.3 is 0 Å². The molecule has 1 unspecified atom stereocenters. The minimum absolute atomic E-state index is 0.0454. The average molecular weight is 412 g/mol. The molecular weight excluding hydrogens is 394 g/mol. The summed E-state index contributed by atoms with van der Waals surface area (Å²) in [5.74, 6) is -0.264. The number of hydrogen-bond donors (Lipinski definition) is 1. The van der Waals surface area contributed by atoms with Crippen LogP contribution in [0.3, 0.4) is 0 Å². The number of carbonyl (C=O) groups excluding carboxylic acids is 2. The van der Waals surface area contributed by atoms with E-state index in [9.17, 15) is 9.59 Å². The summed E-state index contributed by atoms with van der Waals surface area (Å²) in [7, 11) is 0. The number of likely N-dealkylation sites (tertiary alicyclic amines) is 1. The van der Waals surface area contributed by atoms with E-state index in [1.165, 1.54) is 17.7 Å². The third kappa shape index (κ3) is 3.84. The Morgan fingerprint density at radius 2 is 2.12 bits per heavy atom. The van der Waals surface area contributed by atoms with Gasteiger partial charge in [-0.2, -0.15) is 5.10 Å². The zero-order valence-corrected chi connectivity index (χ0v) is 15.6. The lowest BCUT2D eigenvalue weighted by Crippen LogP contribution is -2.49. The van der Waals surface area contributed by atoms with E-state index in [4.69, 9.17) is 0 Å². The molecule has 2 aromatic heterocycles. The van der Waals surface area contributed by atoms with Crippen LogP contribution in [0.1, 0.15) is 35.5 Å². The van der Waals surface area contributed by atoms with Crippen LogP contribution in [0.15, 0.2) is 28.6 Å². The summed E-state index contributed by atoms with van der Waals surface area (Å²) >= 11 is 4.68. The van der Waals surface area contributed by atoms with Crippen LogP contribution in [-0.4, -0.2) is 50.6 Å². The number of amides is 2. The van der Waals surface area contributed by atoms with Crippen LogP contribution in [0, 0.1) is 0 Å². The molecule has 0 saturated carbocycles. The fraction of sp³-hybridized carbons (Fsp3) is 0.467. The van der Waals surface area contributed by atoms with Gasteiger partial charge in [0, 0.05) is 13.1 Å². The van der Waals surface area contributed by atoms with Crippen LogP contribution in [0.4, 0.5) is 0 Å². The lowest BCUT2D eigenvalue weighted by molar-refractivity contribution is -0.134. The zero-order chi connectivity index (χ0) is 17.1. The van der Waals surface area contributed by atoms with Gasteiger partial charge in [-0.3, -0.25) is 9.59 Å². The summed E-state index contributed by atoms with van der Waals surface area (Å²) in [6, 6.07) is 3.30. The number of nitrogens with one attached hydrogen (secondary N) is 1. The third-order valence-corrected chi connectivity index (χ3v) is 5.72. The number of hydrogen-bond acceptors (Lipinski definition) is 5. The van der Waals surface area contributed by atoms with Gasteiger partial charge in [-0.05, 0) is 47.8 Å². The van der Waals surface area contributed by atoms with Crippen molar-refractivity contribution in [1.82, 2.24) is 25.0 Å². The summed E-state index contributed by atoms with van der Waals surface area (Å²) < 4.78 is 2.74. The van der Waals surface area contributed by atoms with Gasteiger partial charge < -0.3 is 10.2 Å². The predicted octanol–water partition coefficient (Wildman–Crippen LogP) is 2.08. The first-order valence-electron chi connectivity index (χ1n) is 7.73. The largest absolute Gasteiger partial charge is 0.341 e. The van der Waals surface area contributed by atoms with Gasteiger partial charge in [0.2, 0.25) is 5.91 Å². The first-order valence-corrected chi connectivity index (χ1v) is 9.34. The standard InChI is InChI=1S/C15H18BrN5O2S/c1-10(19-14(22)12-2-3-13(16)24-12)15(23)20-6-4-11(5-7-20)21-9-17-8-18-21/h2-3,8-11H,4-7H2,1H3,(H,19,22). The number of rotatable bonds is 4. The van der Waals surface area contributed by atoms with Crippen LogP contribution in [0.2, 0.25) is 0 Å². The smallest absolute Gasteiger partial charge is 0.262 e. The lowest BCUT2D eigenvalue weighted by Gasteiger charge is -2.33. The van der Waals surface area contributed by atoms with Crippen LogP contribution >= 0.6 is 27.3 Å². The fourth-order valence-electron chi connectivity index (χ4n) is 2.80. The molecule has 7 nitrogen and oxygen atoms in total. The topological polar surface area (TPSA) is 80.1 Å². The number of nitrogens with zero attached hydrogens (tertiary/aromatic N) is 4. The first kappa shape index (κ1) is 17.1. The highest BCUT2D eigenvalue weighted by molar-refractivity contribution is 9.11. The van der Waals surface area contributed by atoms with Crippen molar-refractivity contribution < 1.29 is 9.59 Å². The van der Waals surface area contributed by atoms with Crippen molar-refractivity contribution in [3.8, 4) is 0 Å². The van der Waals surface area contributed by atoms with Gasteiger partial charge in [-0.15, -0.1) is 11.3 Å². The average Bonchev–Trinajstić information content (AvgIpc) is 3.26.